The lowest BCUT2D eigenvalue weighted by Crippen LogP contribution is -2.08. The second kappa shape index (κ2) is 6.36. The minimum atomic E-state index is 0.454. The smallest absolute Gasteiger partial charge is 0.234 e. The molecule has 6 heteroatoms. The first-order valence-corrected chi connectivity index (χ1v) is 6.66. The highest BCUT2D eigenvalue weighted by atomic mass is 16.5. The second-order valence-electron chi connectivity index (χ2n) is 5.10. The van der Waals surface area contributed by atoms with Crippen LogP contribution in [0.5, 0.6) is 5.88 Å². The van der Waals surface area contributed by atoms with Gasteiger partial charge in [0.2, 0.25) is 5.88 Å². The minimum absolute atomic E-state index is 0.454. The fraction of sp³-hybridized carbons (Fsp3) is 0.500. The van der Waals surface area contributed by atoms with Gasteiger partial charge < -0.3 is 14.6 Å². The maximum atomic E-state index is 5.55. The van der Waals surface area contributed by atoms with Crippen LogP contribution in [0.3, 0.4) is 0 Å². The summed E-state index contributed by atoms with van der Waals surface area (Å²) in [6.45, 7) is 9.22. The first-order chi connectivity index (χ1) is 9.56. The van der Waals surface area contributed by atoms with E-state index in [-0.39, 0.29) is 0 Å². The van der Waals surface area contributed by atoms with Crippen LogP contribution in [0, 0.1) is 19.8 Å². The molecule has 2 aromatic rings. The second-order valence-corrected chi connectivity index (χ2v) is 5.10. The van der Waals surface area contributed by atoms with E-state index in [0.29, 0.717) is 30.8 Å². The number of aryl methyl sites for hydroxylation is 2. The van der Waals surface area contributed by atoms with Crippen molar-refractivity contribution in [2.75, 3.05) is 11.9 Å². The van der Waals surface area contributed by atoms with Crippen LogP contribution >= 0.6 is 0 Å². The third-order valence-electron chi connectivity index (χ3n) is 2.80. The molecule has 2 aromatic heterocycles. The fourth-order valence-corrected chi connectivity index (χ4v) is 1.69. The summed E-state index contributed by atoms with van der Waals surface area (Å²) in [5, 5.41) is 7.12. The van der Waals surface area contributed by atoms with Gasteiger partial charge >= 0.3 is 0 Å². The normalized spacial score (nSPS) is 10.8. The van der Waals surface area contributed by atoms with Gasteiger partial charge in [0.25, 0.3) is 0 Å². The molecule has 6 nitrogen and oxygen atoms in total. The predicted molar refractivity (Wildman–Crippen MR) is 75.7 cm³/mol. The molecule has 0 fully saturated rings. The third kappa shape index (κ3) is 3.69. The average Bonchev–Trinajstić information content (AvgIpc) is 2.74. The van der Waals surface area contributed by atoms with Crippen LogP contribution < -0.4 is 10.1 Å². The molecule has 0 unspecified atom stereocenters. The molecule has 0 aliphatic heterocycles. The SMILES string of the molecule is Cc1noc(C)c1CNc1cncc(OCC(C)C)n1. The molecule has 0 radical (unpaired) electrons. The van der Waals surface area contributed by atoms with E-state index in [4.69, 9.17) is 9.26 Å². The Balaban J connectivity index is 1.98. The molecule has 0 bridgehead atoms. The zero-order valence-corrected chi connectivity index (χ0v) is 12.3. The Bertz CT molecular complexity index is 547. The van der Waals surface area contributed by atoms with Crippen molar-refractivity contribution in [2.45, 2.75) is 34.2 Å². The zero-order valence-electron chi connectivity index (χ0n) is 12.3. The number of aromatic nitrogens is 3. The molecule has 2 rings (SSSR count). The Hall–Kier alpha value is -2.11. The van der Waals surface area contributed by atoms with Crippen LogP contribution in [0.4, 0.5) is 5.82 Å². The van der Waals surface area contributed by atoms with Crippen LogP contribution in [-0.4, -0.2) is 21.7 Å². The Morgan fingerprint density at radius 3 is 2.75 bits per heavy atom. The van der Waals surface area contributed by atoms with Gasteiger partial charge in [-0.05, 0) is 19.8 Å². The molecule has 0 saturated carbocycles. The Morgan fingerprint density at radius 2 is 2.10 bits per heavy atom. The molecule has 20 heavy (non-hydrogen) atoms. The number of rotatable bonds is 6. The van der Waals surface area contributed by atoms with E-state index in [0.717, 1.165) is 17.0 Å². The maximum Gasteiger partial charge on any atom is 0.234 e. The Labute approximate surface area is 118 Å². The maximum absolute atomic E-state index is 5.55. The highest BCUT2D eigenvalue weighted by molar-refractivity contribution is 5.36. The van der Waals surface area contributed by atoms with Gasteiger partial charge in [0, 0.05) is 12.1 Å². The molecule has 0 saturated heterocycles. The molecule has 0 amide bonds. The number of hydrogen-bond acceptors (Lipinski definition) is 6. The molecule has 1 N–H and O–H groups in total. The third-order valence-corrected chi connectivity index (χ3v) is 2.80. The number of hydrogen-bond donors (Lipinski definition) is 1. The first-order valence-electron chi connectivity index (χ1n) is 6.66. The van der Waals surface area contributed by atoms with Gasteiger partial charge in [0.05, 0.1) is 24.7 Å². The van der Waals surface area contributed by atoms with Gasteiger partial charge in [0.1, 0.15) is 11.6 Å². The Kier molecular flexibility index (Phi) is 4.55. The summed E-state index contributed by atoms with van der Waals surface area (Å²) >= 11 is 0. The molecular weight excluding hydrogens is 256 g/mol. The van der Waals surface area contributed by atoms with Crippen LogP contribution in [0.25, 0.3) is 0 Å². The average molecular weight is 276 g/mol. The molecule has 0 aliphatic rings. The summed E-state index contributed by atoms with van der Waals surface area (Å²) in [5.41, 5.74) is 1.93. The molecule has 0 aromatic carbocycles. The van der Waals surface area contributed by atoms with Gasteiger partial charge in [-0.2, -0.15) is 4.98 Å². The zero-order chi connectivity index (χ0) is 14.5. The topological polar surface area (TPSA) is 73.1 Å². The van der Waals surface area contributed by atoms with E-state index in [9.17, 15) is 0 Å². The van der Waals surface area contributed by atoms with Gasteiger partial charge in [-0.3, -0.25) is 4.98 Å². The van der Waals surface area contributed by atoms with E-state index in [1.54, 1.807) is 12.4 Å². The standard InChI is InChI=1S/C14H20N4O2/c1-9(2)8-19-14-7-15-6-13(17-14)16-5-12-10(3)18-20-11(12)4/h6-7,9H,5,8H2,1-4H3,(H,16,17). The highest BCUT2D eigenvalue weighted by Gasteiger charge is 2.09. The lowest BCUT2D eigenvalue weighted by Gasteiger charge is -2.09. The quantitative estimate of drug-likeness (QED) is 0.874. The van der Waals surface area contributed by atoms with Crippen molar-refractivity contribution in [1.82, 2.24) is 15.1 Å². The summed E-state index contributed by atoms with van der Waals surface area (Å²) in [5.74, 6) is 2.47. The fourth-order valence-electron chi connectivity index (χ4n) is 1.69. The number of nitrogens with zero attached hydrogens (tertiary/aromatic N) is 3. The van der Waals surface area contributed by atoms with Crippen molar-refractivity contribution in [2.24, 2.45) is 5.92 Å². The molecule has 0 spiro atoms. The van der Waals surface area contributed by atoms with Crippen molar-refractivity contribution in [3.63, 3.8) is 0 Å². The summed E-state index contributed by atoms with van der Waals surface area (Å²) < 4.78 is 10.7. The van der Waals surface area contributed by atoms with E-state index in [2.05, 4.69) is 34.3 Å². The highest BCUT2D eigenvalue weighted by Crippen LogP contribution is 2.15. The minimum Gasteiger partial charge on any atom is -0.476 e. The Morgan fingerprint density at radius 1 is 1.30 bits per heavy atom. The number of anilines is 1. The van der Waals surface area contributed by atoms with Crippen molar-refractivity contribution >= 4 is 5.82 Å². The summed E-state index contributed by atoms with van der Waals surface area (Å²) in [6.07, 6.45) is 3.28. The summed E-state index contributed by atoms with van der Waals surface area (Å²) in [6, 6.07) is 0. The molecule has 0 aliphatic carbocycles. The molecule has 2 heterocycles. The molecular formula is C14H20N4O2. The monoisotopic (exact) mass is 276 g/mol. The first kappa shape index (κ1) is 14.3. The van der Waals surface area contributed by atoms with Crippen molar-refractivity contribution in [3.8, 4) is 5.88 Å². The predicted octanol–water partition coefficient (Wildman–Crippen LogP) is 2.73. The van der Waals surface area contributed by atoms with Gasteiger partial charge in [-0.25, -0.2) is 0 Å². The van der Waals surface area contributed by atoms with E-state index >= 15 is 0 Å². The number of ether oxygens (including phenoxy) is 1. The van der Waals surface area contributed by atoms with Crippen LogP contribution in [0.2, 0.25) is 0 Å². The lowest BCUT2D eigenvalue weighted by atomic mass is 10.2. The van der Waals surface area contributed by atoms with Crippen molar-refractivity contribution in [1.29, 1.82) is 0 Å². The van der Waals surface area contributed by atoms with E-state index < -0.39 is 0 Å². The summed E-state index contributed by atoms with van der Waals surface area (Å²) in [4.78, 5) is 8.47. The van der Waals surface area contributed by atoms with E-state index in [1.165, 1.54) is 0 Å². The van der Waals surface area contributed by atoms with Gasteiger partial charge in [-0.15, -0.1) is 0 Å². The van der Waals surface area contributed by atoms with Crippen LogP contribution in [0.1, 0.15) is 30.9 Å². The summed E-state index contributed by atoms with van der Waals surface area (Å²) in [7, 11) is 0. The van der Waals surface area contributed by atoms with Gasteiger partial charge in [0.15, 0.2) is 0 Å². The largest absolute Gasteiger partial charge is 0.476 e. The van der Waals surface area contributed by atoms with Gasteiger partial charge in [-0.1, -0.05) is 19.0 Å². The number of nitrogens with one attached hydrogen (secondary N) is 1. The van der Waals surface area contributed by atoms with Crippen molar-refractivity contribution in [3.05, 3.63) is 29.4 Å². The van der Waals surface area contributed by atoms with Crippen LogP contribution in [-0.2, 0) is 6.54 Å². The molecule has 108 valence electrons. The molecule has 0 atom stereocenters. The lowest BCUT2D eigenvalue weighted by molar-refractivity contribution is 0.260. The van der Waals surface area contributed by atoms with Crippen molar-refractivity contribution < 1.29 is 9.26 Å². The van der Waals surface area contributed by atoms with Crippen LogP contribution in [0.15, 0.2) is 16.9 Å². The van der Waals surface area contributed by atoms with E-state index in [1.807, 2.05) is 13.8 Å².